The zero-order chi connectivity index (χ0) is 15.9. The summed E-state index contributed by atoms with van der Waals surface area (Å²) < 4.78 is 12.9. The number of morpholine rings is 1. The summed E-state index contributed by atoms with van der Waals surface area (Å²) in [5.41, 5.74) is 1.39. The molecule has 1 aliphatic carbocycles. The Morgan fingerprint density at radius 1 is 1.09 bits per heavy atom. The summed E-state index contributed by atoms with van der Waals surface area (Å²) in [5.74, 6) is 0. The average molecular weight is 382 g/mol. The molecule has 1 heterocycles. The molecule has 0 amide bonds. The fraction of sp³-hybridized carbons (Fsp3) is 0.684. The summed E-state index contributed by atoms with van der Waals surface area (Å²) in [6, 6.07) is 9.24. The van der Waals surface area contributed by atoms with E-state index in [0.29, 0.717) is 12.1 Å². The molecule has 4 heteroatoms. The molecule has 3 nitrogen and oxygen atoms in total. The predicted octanol–water partition coefficient (Wildman–Crippen LogP) is 4.04. The highest BCUT2D eigenvalue weighted by Gasteiger charge is 2.31. The normalized spacial score (nSPS) is 26.3. The van der Waals surface area contributed by atoms with Crippen molar-refractivity contribution in [3.8, 4) is 0 Å². The summed E-state index contributed by atoms with van der Waals surface area (Å²) in [6.07, 6.45) is 7.80. The molecule has 23 heavy (non-hydrogen) atoms. The molecule has 0 aromatic heterocycles. The van der Waals surface area contributed by atoms with Gasteiger partial charge in [0, 0.05) is 30.2 Å². The molecular weight excluding hydrogens is 354 g/mol. The van der Waals surface area contributed by atoms with Gasteiger partial charge in [-0.25, -0.2) is 0 Å². The predicted molar refractivity (Wildman–Crippen MR) is 96.9 cm³/mol. The maximum Gasteiger partial charge on any atom is 0.0730 e. The lowest BCUT2D eigenvalue weighted by Gasteiger charge is -2.41. The van der Waals surface area contributed by atoms with Crippen LogP contribution >= 0.6 is 15.9 Å². The van der Waals surface area contributed by atoms with Gasteiger partial charge in [0.2, 0.25) is 0 Å². The molecule has 128 valence electrons. The number of ether oxygens (including phenoxy) is 2. The van der Waals surface area contributed by atoms with Crippen LogP contribution in [0, 0.1) is 0 Å². The van der Waals surface area contributed by atoms with E-state index in [-0.39, 0.29) is 0 Å². The van der Waals surface area contributed by atoms with E-state index in [0.717, 1.165) is 50.2 Å². The molecule has 2 atom stereocenters. The smallest absolute Gasteiger partial charge is 0.0730 e. The summed E-state index contributed by atoms with van der Waals surface area (Å²) in [6.45, 7) is 4.79. The van der Waals surface area contributed by atoms with Gasteiger partial charge in [-0.1, -0.05) is 40.9 Å². The van der Waals surface area contributed by atoms with E-state index in [1.165, 1.54) is 31.2 Å². The van der Waals surface area contributed by atoms with Crippen LogP contribution in [0.5, 0.6) is 0 Å². The minimum Gasteiger partial charge on any atom is -0.379 e. The van der Waals surface area contributed by atoms with Crippen LogP contribution < -0.4 is 0 Å². The number of hydrogen-bond acceptors (Lipinski definition) is 3. The standard InChI is InChI=1S/C19H28BrNO2/c20-17-9-7-16(8-10-17)4-3-13-23-19-6-2-1-5-18(19)21-11-14-22-15-12-21/h7-10,18-19H,1-6,11-15H2/t18-,19-/m1/s1. The van der Waals surface area contributed by atoms with Crippen molar-refractivity contribution in [3.63, 3.8) is 0 Å². The molecule has 0 bridgehead atoms. The third-order valence-corrected chi connectivity index (χ3v) is 5.57. The minimum absolute atomic E-state index is 0.423. The fourth-order valence-electron chi connectivity index (χ4n) is 3.76. The third kappa shape index (κ3) is 5.28. The summed E-state index contributed by atoms with van der Waals surface area (Å²) in [7, 11) is 0. The van der Waals surface area contributed by atoms with Crippen LogP contribution in [0.3, 0.4) is 0 Å². The van der Waals surface area contributed by atoms with E-state index in [4.69, 9.17) is 9.47 Å². The van der Waals surface area contributed by atoms with E-state index in [2.05, 4.69) is 45.1 Å². The molecule has 0 unspecified atom stereocenters. The Bertz CT molecular complexity index is 459. The van der Waals surface area contributed by atoms with Crippen LogP contribution in [-0.4, -0.2) is 50.0 Å². The van der Waals surface area contributed by atoms with Gasteiger partial charge in [0.15, 0.2) is 0 Å². The lowest BCUT2D eigenvalue weighted by atomic mass is 9.91. The SMILES string of the molecule is Brc1ccc(CCCO[C@@H]2CCCC[C@H]2N2CCOCC2)cc1. The molecule has 1 aliphatic heterocycles. The van der Waals surface area contributed by atoms with Gasteiger partial charge >= 0.3 is 0 Å². The highest BCUT2D eigenvalue weighted by Crippen LogP contribution is 2.26. The number of nitrogens with zero attached hydrogens (tertiary/aromatic N) is 1. The Kier molecular flexibility index (Phi) is 6.94. The number of rotatable bonds is 6. The quantitative estimate of drug-likeness (QED) is 0.693. The van der Waals surface area contributed by atoms with Crippen molar-refractivity contribution in [2.24, 2.45) is 0 Å². The van der Waals surface area contributed by atoms with Crippen molar-refractivity contribution in [1.29, 1.82) is 0 Å². The topological polar surface area (TPSA) is 21.7 Å². The Morgan fingerprint density at radius 2 is 1.83 bits per heavy atom. The lowest BCUT2D eigenvalue weighted by Crippen LogP contribution is -2.51. The van der Waals surface area contributed by atoms with Crippen LogP contribution in [0.2, 0.25) is 0 Å². The van der Waals surface area contributed by atoms with Gasteiger partial charge in [-0.2, -0.15) is 0 Å². The number of benzene rings is 1. The fourth-order valence-corrected chi connectivity index (χ4v) is 4.02. The Labute approximate surface area is 148 Å². The van der Waals surface area contributed by atoms with Crippen molar-refractivity contribution in [3.05, 3.63) is 34.3 Å². The first-order chi connectivity index (χ1) is 11.3. The van der Waals surface area contributed by atoms with Crippen molar-refractivity contribution in [1.82, 2.24) is 4.90 Å². The Morgan fingerprint density at radius 3 is 2.61 bits per heavy atom. The van der Waals surface area contributed by atoms with Crippen molar-refractivity contribution in [2.45, 2.75) is 50.7 Å². The molecule has 1 aromatic carbocycles. The van der Waals surface area contributed by atoms with Gasteiger partial charge < -0.3 is 9.47 Å². The van der Waals surface area contributed by atoms with Crippen molar-refractivity contribution >= 4 is 15.9 Å². The van der Waals surface area contributed by atoms with Crippen LogP contribution in [0.1, 0.15) is 37.7 Å². The first kappa shape index (κ1) is 17.4. The number of halogens is 1. The first-order valence-electron chi connectivity index (χ1n) is 9.01. The Hall–Kier alpha value is -0.420. The van der Waals surface area contributed by atoms with Gasteiger partial charge in [-0.15, -0.1) is 0 Å². The molecule has 2 fully saturated rings. The highest BCUT2D eigenvalue weighted by molar-refractivity contribution is 9.10. The molecule has 3 rings (SSSR count). The molecule has 0 radical (unpaired) electrons. The largest absolute Gasteiger partial charge is 0.379 e. The van der Waals surface area contributed by atoms with Crippen molar-refractivity contribution < 1.29 is 9.47 Å². The second kappa shape index (κ2) is 9.16. The van der Waals surface area contributed by atoms with Gasteiger partial charge in [0.1, 0.15) is 0 Å². The molecule has 0 N–H and O–H groups in total. The maximum absolute atomic E-state index is 6.30. The van der Waals surface area contributed by atoms with Gasteiger partial charge in [-0.3, -0.25) is 4.90 Å². The van der Waals surface area contributed by atoms with E-state index in [9.17, 15) is 0 Å². The summed E-state index contributed by atoms with van der Waals surface area (Å²) in [4.78, 5) is 2.60. The van der Waals surface area contributed by atoms with Crippen LogP contribution in [-0.2, 0) is 15.9 Å². The molecule has 0 spiro atoms. The lowest BCUT2D eigenvalue weighted by molar-refractivity contribution is -0.0657. The summed E-state index contributed by atoms with van der Waals surface area (Å²) >= 11 is 3.49. The van der Waals surface area contributed by atoms with Gasteiger partial charge in [-0.05, 0) is 43.4 Å². The van der Waals surface area contributed by atoms with Crippen molar-refractivity contribution in [2.75, 3.05) is 32.9 Å². The van der Waals surface area contributed by atoms with E-state index < -0.39 is 0 Å². The molecule has 1 saturated carbocycles. The molecule has 1 saturated heterocycles. The number of aryl methyl sites for hydroxylation is 1. The van der Waals surface area contributed by atoms with Crippen LogP contribution in [0.4, 0.5) is 0 Å². The monoisotopic (exact) mass is 381 g/mol. The minimum atomic E-state index is 0.423. The van der Waals surface area contributed by atoms with Gasteiger partial charge in [0.05, 0.1) is 19.3 Å². The second-order valence-electron chi connectivity index (χ2n) is 6.64. The van der Waals surface area contributed by atoms with Gasteiger partial charge in [0.25, 0.3) is 0 Å². The third-order valence-electron chi connectivity index (χ3n) is 5.04. The molecular formula is C19H28BrNO2. The molecule has 2 aliphatic rings. The van der Waals surface area contributed by atoms with Crippen LogP contribution in [0.15, 0.2) is 28.7 Å². The first-order valence-corrected chi connectivity index (χ1v) is 9.80. The second-order valence-corrected chi connectivity index (χ2v) is 7.56. The van der Waals surface area contributed by atoms with Crippen LogP contribution in [0.25, 0.3) is 0 Å². The van der Waals surface area contributed by atoms with E-state index in [1.807, 2.05) is 0 Å². The zero-order valence-corrected chi connectivity index (χ0v) is 15.5. The summed E-state index contributed by atoms with van der Waals surface area (Å²) in [5, 5.41) is 0. The van der Waals surface area contributed by atoms with E-state index in [1.54, 1.807) is 0 Å². The Balaban J connectivity index is 1.42. The number of hydrogen-bond donors (Lipinski definition) is 0. The average Bonchev–Trinajstić information content (AvgIpc) is 2.61. The maximum atomic E-state index is 6.30. The van der Waals surface area contributed by atoms with E-state index >= 15 is 0 Å². The zero-order valence-electron chi connectivity index (χ0n) is 13.9. The molecule has 1 aromatic rings. The highest BCUT2D eigenvalue weighted by atomic mass is 79.9.